The highest BCUT2D eigenvalue weighted by molar-refractivity contribution is 7.85. The van der Waals surface area contributed by atoms with Crippen LogP contribution in [0.1, 0.15) is 21.5 Å². The molecule has 0 saturated carbocycles. The van der Waals surface area contributed by atoms with E-state index in [0.717, 1.165) is 11.1 Å². The molecule has 1 unspecified atom stereocenters. The number of hydrogen-bond acceptors (Lipinski definition) is 4. The van der Waals surface area contributed by atoms with E-state index in [4.69, 9.17) is 27.9 Å². The molecule has 9 heteroatoms. The lowest BCUT2D eigenvalue weighted by molar-refractivity contribution is 0.0967. The summed E-state index contributed by atoms with van der Waals surface area (Å²) >= 11 is 11.9. The highest BCUT2D eigenvalue weighted by Gasteiger charge is 2.15. The van der Waals surface area contributed by atoms with E-state index >= 15 is 0 Å². The number of rotatable bonds is 6. The quantitative estimate of drug-likeness (QED) is 0.259. The number of nitrogens with one attached hydrogen (secondary N) is 2. The molecule has 4 aromatic rings. The third-order valence-corrected chi connectivity index (χ3v) is 7.33. The van der Waals surface area contributed by atoms with Crippen LogP contribution in [0.4, 0.5) is 10.5 Å². The molecule has 0 bridgehead atoms. The number of carbonyl (C=O) groups is 2. The predicted octanol–water partition coefficient (Wildman–Crippen LogP) is 7.53. The van der Waals surface area contributed by atoms with Gasteiger partial charge in [-0.3, -0.25) is 10.1 Å². The van der Waals surface area contributed by atoms with Crippen molar-refractivity contribution in [1.29, 1.82) is 0 Å². The number of carbonyl (C=O) groups excluding carboxylic acids is 2. The van der Waals surface area contributed by atoms with Crippen LogP contribution < -0.4 is 15.4 Å². The third kappa shape index (κ3) is 6.57. The van der Waals surface area contributed by atoms with Gasteiger partial charge in [0.15, 0.2) is 0 Å². The van der Waals surface area contributed by atoms with Gasteiger partial charge in [0.25, 0.3) is 5.91 Å². The lowest BCUT2D eigenvalue weighted by Crippen LogP contribution is -2.34. The predicted molar refractivity (Wildman–Crippen MR) is 146 cm³/mol. The zero-order valence-corrected chi connectivity index (χ0v) is 22.2. The van der Waals surface area contributed by atoms with Crippen molar-refractivity contribution in [1.82, 2.24) is 5.32 Å². The van der Waals surface area contributed by atoms with Gasteiger partial charge < -0.3 is 10.1 Å². The van der Waals surface area contributed by atoms with Gasteiger partial charge in [0.2, 0.25) is 0 Å². The zero-order valence-electron chi connectivity index (χ0n) is 19.9. The van der Waals surface area contributed by atoms with Gasteiger partial charge >= 0.3 is 6.03 Å². The number of imide groups is 1. The molecule has 0 heterocycles. The van der Waals surface area contributed by atoms with E-state index in [1.54, 1.807) is 78.9 Å². The Morgan fingerprint density at radius 2 is 1.38 bits per heavy atom. The molecule has 1 atom stereocenters. The number of hydrogen-bond donors (Lipinski definition) is 2. The Bertz CT molecular complexity index is 1470. The van der Waals surface area contributed by atoms with E-state index in [1.807, 2.05) is 13.8 Å². The lowest BCUT2D eigenvalue weighted by Gasteiger charge is -2.15. The maximum Gasteiger partial charge on any atom is 0.326 e. The topological polar surface area (TPSA) is 84.5 Å². The van der Waals surface area contributed by atoms with Crippen molar-refractivity contribution in [3.05, 3.63) is 112 Å². The molecule has 37 heavy (non-hydrogen) atoms. The first-order valence-corrected chi connectivity index (χ1v) is 13.0. The molecule has 0 spiro atoms. The van der Waals surface area contributed by atoms with Crippen molar-refractivity contribution in [2.24, 2.45) is 0 Å². The van der Waals surface area contributed by atoms with Gasteiger partial charge in [-0.1, -0.05) is 35.3 Å². The fourth-order valence-corrected chi connectivity index (χ4v) is 4.99. The average molecular weight is 553 g/mol. The largest absolute Gasteiger partial charge is 0.457 e. The standard InChI is InChI=1S/C28H22Cl2N2O4S/c1-17-15-20(31-28(34)32-27(33)24-5-3-4-6-25(24)30)16-18(2)26(17)36-21-9-13-23(14-10-21)37(35)22-11-7-19(29)8-12-22/h3-16H,1-2H3,(H2,31,32,33,34). The minimum atomic E-state index is -1.34. The summed E-state index contributed by atoms with van der Waals surface area (Å²) in [5.74, 6) is 0.605. The summed E-state index contributed by atoms with van der Waals surface area (Å²) in [7, 11) is -1.34. The molecule has 0 fully saturated rings. The normalized spacial score (nSPS) is 11.5. The van der Waals surface area contributed by atoms with Crippen molar-refractivity contribution in [2.45, 2.75) is 23.6 Å². The molecule has 4 rings (SSSR count). The zero-order chi connectivity index (χ0) is 26.5. The van der Waals surface area contributed by atoms with Crippen LogP contribution in [0.3, 0.4) is 0 Å². The smallest absolute Gasteiger partial charge is 0.326 e. The van der Waals surface area contributed by atoms with Gasteiger partial charge in [0.05, 0.1) is 21.4 Å². The molecule has 0 aromatic heterocycles. The Morgan fingerprint density at radius 1 is 0.811 bits per heavy atom. The Hall–Kier alpha value is -3.65. The summed E-state index contributed by atoms with van der Waals surface area (Å²) in [6, 6.07) is 23.2. The van der Waals surface area contributed by atoms with Crippen LogP contribution in [0, 0.1) is 13.8 Å². The van der Waals surface area contributed by atoms with Crippen LogP contribution in [0.5, 0.6) is 11.5 Å². The lowest BCUT2D eigenvalue weighted by atomic mass is 10.1. The molecular weight excluding hydrogens is 531 g/mol. The summed E-state index contributed by atoms with van der Waals surface area (Å²) < 4.78 is 18.9. The minimum absolute atomic E-state index is 0.207. The summed E-state index contributed by atoms with van der Waals surface area (Å²) in [4.78, 5) is 26.0. The summed E-state index contributed by atoms with van der Waals surface area (Å²) in [6.45, 7) is 3.70. The molecule has 0 aliphatic rings. The van der Waals surface area contributed by atoms with Gasteiger partial charge in [-0.05, 0) is 97.8 Å². The van der Waals surface area contributed by atoms with Crippen LogP contribution >= 0.6 is 23.2 Å². The summed E-state index contributed by atoms with van der Waals surface area (Å²) in [5.41, 5.74) is 2.27. The van der Waals surface area contributed by atoms with E-state index in [1.165, 1.54) is 6.07 Å². The second-order valence-electron chi connectivity index (χ2n) is 8.12. The molecule has 2 N–H and O–H groups in total. The first kappa shape index (κ1) is 26.4. The molecule has 0 aliphatic carbocycles. The highest BCUT2D eigenvalue weighted by Crippen LogP contribution is 2.32. The summed E-state index contributed by atoms with van der Waals surface area (Å²) in [6.07, 6.45) is 0. The minimum Gasteiger partial charge on any atom is -0.457 e. The van der Waals surface area contributed by atoms with E-state index in [-0.39, 0.29) is 10.6 Å². The molecule has 0 saturated heterocycles. The Balaban J connectivity index is 1.42. The SMILES string of the molecule is Cc1cc(NC(=O)NC(=O)c2ccccc2Cl)cc(C)c1Oc1ccc(S(=O)c2ccc(Cl)cc2)cc1. The molecular formula is C28H22Cl2N2O4S. The van der Waals surface area contributed by atoms with Crippen molar-refractivity contribution >= 4 is 51.6 Å². The second kappa shape index (κ2) is 11.6. The van der Waals surface area contributed by atoms with Gasteiger partial charge in [-0.15, -0.1) is 0 Å². The van der Waals surface area contributed by atoms with E-state index in [2.05, 4.69) is 10.6 Å². The Morgan fingerprint density at radius 3 is 1.97 bits per heavy atom. The van der Waals surface area contributed by atoms with Crippen LogP contribution in [-0.4, -0.2) is 16.1 Å². The molecule has 0 radical (unpaired) electrons. The van der Waals surface area contributed by atoms with Crippen LogP contribution in [0.15, 0.2) is 94.7 Å². The maximum absolute atomic E-state index is 12.8. The van der Waals surface area contributed by atoms with Crippen LogP contribution in [-0.2, 0) is 10.8 Å². The van der Waals surface area contributed by atoms with E-state index in [0.29, 0.717) is 32.0 Å². The van der Waals surface area contributed by atoms with Gasteiger partial charge in [0, 0.05) is 20.5 Å². The highest BCUT2D eigenvalue weighted by atomic mass is 35.5. The molecule has 0 aliphatic heterocycles. The van der Waals surface area contributed by atoms with E-state index in [9.17, 15) is 13.8 Å². The summed E-state index contributed by atoms with van der Waals surface area (Å²) in [5, 5.41) is 5.77. The van der Waals surface area contributed by atoms with Crippen LogP contribution in [0.2, 0.25) is 10.0 Å². The number of amides is 3. The fourth-order valence-electron chi connectivity index (χ4n) is 3.60. The van der Waals surface area contributed by atoms with Crippen molar-refractivity contribution in [3.8, 4) is 11.5 Å². The number of urea groups is 1. The molecule has 4 aromatic carbocycles. The maximum atomic E-state index is 12.8. The Kier molecular flexibility index (Phi) is 8.28. The molecule has 3 amide bonds. The third-order valence-electron chi connectivity index (χ3n) is 5.35. The average Bonchev–Trinajstić information content (AvgIpc) is 2.87. The number of halogens is 2. The van der Waals surface area contributed by atoms with Crippen LogP contribution in [0.25, 0.3) is 0 Å². The van der Waals surface area contributed by atoms with Gasteiger partial charge in [-0.2, -0.15) is 0 Å². The molecule has 6 nitrogen and oxygen atoms in total. The first-order chi connectivity index (χ1) is 17.7. The monoisotopic (exact) mass is 552 g/mol. The second-order valence-corrected chi connectivity index (χ2v) is 10.4. The van der Waals surface area contributed by atoms with Gasteiger partial charge in [0.1, 0.15) is 11.5 Å². The van der Waals surface area contributed by atoms with E-state index < -0.39 is 22.7 Å². The number of anilines is 1. The van der Waals surface area contributed by atoms with Crippen molar-refractivity contribution < 1.29 is 18.5 Å². The van der Waals surface area contributed by atoms with Gasteiger partial charge in [-0.25, -0.2) is 9.00 Å². The first-order valence-electron chi connectivity index (χ1n) is 11.1. The Labute approximate surface area is 227 Å². The number of aryl methyl sites for hydroxylation is 2. The number of ether oxygens (including phenoxy) is 1. The number of benzene rings is 4. The van der Waals surface area contributed by atoms with Crippen molar-refractivity contribution in [3.63, 3.8) is 0 Å². The fraction of sp³-hybridized carbons (Fsp3) is 0.0714. The molecule has 188 valence electrons. The van der Waals surface area contributed by atoms with Crippen molar-refractivity contribution in [2.75, 3.05) is 5.32 Å².